The second-order valence-corrected chi connectivity index (χ2v) is 5.20. The molecule has 1 aliphatic heterocycles. The molecule has 3 rings (SSSR count). The molecule has 0 spiro atoms. The Hall–Kier alpha value is -2.84. The van der Waals surface area contributed by atoms with Gasteiger partial charge in [-0.25, -0.2) is 14.8 Å². The quantitative estimate of drug-likeness (QED) is 0.718. The van der Waals surface area contributed by atoms with E-state index < -0.39 is 0 Å². The molecule has 24 heavy (non-hydrogen) atoms. The summed E-state index contributed by atoms with van der Waals surface area (Å²) in [6.45, 7) is 1.23. The van der Waals surface area contributed by atoms with Gasteiger partial charge in [0.2, 0.25) is 6.41 Å². The zero-order valence-electron chi connectivity index (χ0n) is 13.8. The number of hydrogen-bond donors (Lipinski definition) is 3. The average Bonchev–Trinajstić information content (AvgIpc) is 3.27. The van der Waals surface area contributed by atoms with Gasteiger partial charge in [-0.1, -0.05) is 0 Å². The van der Waals surface area contributed by atoms with E-state index in [4.69, 9.17) is 0 Å². The van der Waals surface area contributed by atoms with Gasteiger partial charge in [0.05, 0.1) is 19.3 Å². The fourth-order valence-corrected chi connectivity index (χ4v) is 2.54. The zero-order chi connectivity index (χ0) is 17.4. The number of fused-ring (bicyclic) bond motifs is 1. The highest BCUT2D eigenvalue weighted by Gasteiger charge is 2.28. The Morgan fingerprint density at radius 1 is 1.58 bits per heavy atom. The molecule has 2 amide bonds. The van der Waals surface area contributed by atoms with Gasteiger partial charge in [-0.2, -0.15) is 0 Å². The molecule has 3 N–H and O–H groups in total. The van der Waals surface area contributed by atoms with Gasteiger partial charge in [-0.05, 0) is 18.9 Å². The van der Waals surface area contributed by atoms with Gasteiger partial charge in [0.25, 0.3) is 0 Å². The Labute approximate surface area is 139 Å². The van der Waals surface area contributed by atoms with E-state index in [-0.39, 0.29) is 12.1 Å². The molecule has 130 valence electrons. The van der Waals surface area contributed by atoms with E-state index in [1.54, 1.807) is 11.1 Å². The Bertz CT molecular complexity index is 674. The molecule has 1 atom stereocenters. The van der Waals surface area contributed by atoms with Gasteiger partial charge in [0.1, 0.15) is 11.3 Å². The molecule has 0 aliphatic carbocycles. The molecule has 2 aromatic rings. The highest BCUT2D eigenvalue weighted by Crippen LogP contribution is 2.17. The number of methoxy groups -OCH3 is 1. The monoisotopic (exact) mass is 334 g/mol. The highest BCUT2D eigenvalue weighted by molar-refractivity contribution is 5.71. The molecule has 2 aromatic heterocycles. The molecule has 1 unspecified atom stereocenters. The van der Waals surface area contributed by atoms with Crippen molar-refractivity contribution >= 4 is 29.5 Å². The van der Waals surface area contributed by atoms with Crippen LogP contribution in [0.15, 0.2) is 18.5 Å². The minimum absolute atomic E-state index is 0.0950. The van der Waals surface area contributed by atoms with E-state index in [1.165, 1.54) is 7.11 Å². The third kappa shape index (κ3) is 4.34. The number of nitrogens with zero attached hydrogens (tertiary/aromatic N) is 3. The second-order valence-electron chi connectivity index (χ2n) is 5.20. The molecular weight excluding hydrogens is 312 g/mol. The van der Waals surface area contributed by atoms with Crippen LogP contribution in [0.1, 0.15) is 12.8 Å². The second kappa shape index (κ2) is 8.70. The van der Waals surface area contributed by atoms with E-state index in [1.807, 2.05) is 19.3 Å². The predicted molar refractivity (Wildman–Crippen MR) is 89.6 cm³/mol. The first kappa shape index (κ1) is 17.5. The number of nitrogens with one attached hydrogen (secondary N) is 3. The van der Waals surface area contributed by atoms with Gasteiger partial charge in [-0.3, -0.25) is 4.79 Å². The molecule has 0 radical (unpaired) electrons. The summed E-state index contributed by atoms with van der Waals surface area (Å²) in [7, 11) is 3.19. The smallest absolute Gasteiger partial charge is 0.409 e. The first-order chi connectivity index (χ1) is 11.7. The Kier molecular flexibility index (Phi) is 6.35. The van der Waals surface area contributed by atoms with Crippen LogP contribution in [-0.2, 0) is 9.53 Å². The lowest BCUT2D eigenvalue weighted by atomic mass is 10.2. The van der Waals surface area contributed by atoms with Crippen LogP contribution >= 0.6 is 0 Å². The van der Waals surface area contributed by atoms with Crippen LogP contribution in [0.2, 0.25) is 0 Å². The Morgan fingerprint density at radius 2 is 2.42 bits per heavy atom. The lowest BCUT2D eigenvalue weighted by Gasteiger charge is -2.22. The lowest BCUT2D eigenvalue weighted by molar-refractivity contribution is -0.109. The maximum absolute atomic E-state index is 11.2. The number of carbonyl (C=O) groups is 2. The van der Waals surface area contributed by atoms with Crippen molar-refractivity contribution in [1.29, 1.82) is 0 Å². The van der Waals surface area contributed by atoms with Crippen molar-refractivity contribution in [2.24, 2.45) is 0 Å². The number of likely N-dealkylation sites (tertiary alicyclic amines) is 1. The molecule has 0 saturated carbocycles. The number of carbonyl (C=O) groups excluding carboxylic acids is 2. The van der Waals surface area contributed by atoms with Crippen LogP contribution in [0, 0.1) is 0 Å². The van der Waals surface area contributed by atoms with Crippen LogP contribution in [-0.4, -0.2) is 65.6 Å². The van der Waals surface area contributed by atoms with Crippen molar-refractivity contribution in [3.05, 3.63) is 18.5 Å². The molecule has 0 aromatic carbocycles. The third-order valence-corrected chi connectivity index (χ3v) is 3.74. The summed E-state index contributed by atoms with van der Waals surface area (Å²) in [6, 6.07) is 1.99. The summed E-state index contributed by atoms with van der Waals surface area (Å²) in [4.78, 5) is 34.2. The molecule has 1 fully saturated rings. The van der Waals surface area contributed by atoms with Gasteiger partial charge in [0.15, 0.2) is 5.65 Å². The SMILES string of the molecule is CNc1cnc2[nH]ccc2n1.COC(=O)N1CCCC1CNC=O. The average molecular weight is 334 g/mol. The van der Waals surface area contributed by atoms with Crippen molar-refractivity contribution in [3.8, 4) is 0 Å². The van der Waals surface area contributed by atoms with E-state index in [2.05, 4.69) is 30.3 Å². The summed E-state index contributed by atoms with van der Waals surface area (Å²) in [6.07, 6.45) is 5.75. The number of aromatic amines is 1. The van der Waals surface area contributed by atoms with Crippen LogP contribution in [0.5, 0.6) is 0 Å². The van der Waals surface area contributed by atoms with E-state index in [9.17, 15) is 9.59 Å². The molecule has 3 heterocycles. The molecule has 9 nitrogen and oxygen atoms in total. The Balaban J connectivity index is 0.000000175. The molecule has 9 heteroatoms. The predicted octanol–water partition coefficient (Wildman–Crippen LogP) is 0.963. The Morgan fingerprint density at radius 3 is 3.12 bits per heavy atom. The third-order valence-electron chi connectivity index (χ3n) is 3.74. The first-order valence-corrected chi connectivity index (χ1v) is 7.69. The fraction of sp³-hybridized carbons (Fsp3) is 0.467. The molecule has 1 aliphatic rings. The van der Waals surface area contributed by atoms with Crippen LogP contribution in [0.25, 0.3) is 11.2 Å². The summed E-state index contributed by atoms with van der Waals surface area (Å²) in [5.41, 5.74) is 1.71. The largest absolute Gasteiger partial charge is 0.453 e. The van der Waals surface area contributed by atoms with E-state index in [0.29, 0.717) is 13.0 Å². The number of rotatable bonds is 4. The first-order valence-electron chi connectivity index (χ1n) is 7.69. The van der Waals surface area contributed by atoms with Crippen molar-refractivity contribution in [1.82, 2.24) is 25.2 Å². The number of amides is 2. The van der Waals surface area contributed by atoms with E-state index in [0.717, 1.165) is 36.4 Å². The van der Waals surface area contributed by atoms with Gasteiger partial charge < -0.3 is 25.3 Å². The van der Waals surface area contributed by atoms with Crippen LogP contribution in [0.4, 0.5) is 10.6 Å². The van der Waals surface area contributed by atoms with Gasteiger partial charge >= 0.3 is 6.09 Å². The van der Waals surface area contributed by atoms with Crippen LogP contribution in [0.3, 0.4) is 0 Å². The van der Waals surface area contributed by atoms with Crippen molar-refractivity contribution in [3.63, 3.8) is 0 Å². The summed E-state index contributed by atoms with van der Waals surface area (Å²) in [5.74, 6) is 0.789. The topological polar surface area (TPSA) is 112 Å². The van der Waals surface area contributed by atoms with E-state index >= 15 is 0 Å². The molecular formula is C15H22N6O3. The molecule has 0 bridgehead atoms. The minimum Gasteiger partial charge on any atom is -0.453 e. The normalized spacial score (nSPS) is 16.2. The van der Waals surface area contributed by atoms with Crippen molar-refractivity contribution < 1.29 is 14.3 Å². The summed E-state index contributed by atoms with van der Waals surface area (Å²) >= 11 is 0. The maximum atomic E-state index is 11.2. The number of H-pyrrole nitrogens is 1. The standard InChI is InChI=1S/C8H14N2O3.C7H8N4/c1-13-8(12)10-4-2-3-7(10)5-9-6-11;1-8-6-4-10-7-5(11-6)2-3-9-7/h6-7H,2-5H2,1H3,(H,9,11);2-4H,1H3,(H,8,11)(H,9,10). The molecule has 1 saturated heterocycles. The van der Waals surface area contributed by atoms with Gasteiger partial charge in [0, 0.05) is 26.3 Å². The fourth-order valence-electron chi connectivity index (χ4n) is 2.54. The van der Waals surface area contributed by atoms with Crippen molar-refractivity contribution in [2.45, 2.75) is 18.9 Å². The maximum Gasteiger partial charge on any atom is 0.409 e. The zero-order valence-corrected chi connectivity index (χ0v) is 13.8. The number of hydrogen-bond acceptors (Lipinski definition) is 6. The number of ether oxygens (including phenoxy) is 1. The summed E-state index contributed by atoms with van der Waals surface area (Å²) in [5, 5.41) is 5.49. The number of aromatic nitrogens is 3. The lowest BCUT2D eigenvalue weighted by Crippen LogP contribution is -2.41. The van der Waals surface area contributed by atoms with Gasteiger partial charge in [-0.15, -0.1) is 0 Å². The highest BCUT2D eigenvalue weighted by atomic mass is 16.5. The summed E-state index contributed by atoms with van der Waals surface area (Å²) < 4.78 is 4.62. The van der Waals surface area contributed by atoms with Crippen molar-refractivity contribution in [2.75, 3.05) is 32.6 Å². The van der Waals surface area contributed by atoms with Crippen LogP contribution < -0.4 is 10.6 Å². The number of anilines is 1. The minimum atomic E-state index is -0.310.